The summed E-state index contributed by atoms with van der Waals surface area (Å²) in [6.07, 6.45) is 11.6. The van der Waals surface area contributed by atoms with Crippen molar-refractivity contribution in [1.29, 1.82) is 0 Å². The molecule has 21 heavy (non-hydrogen) atoms. The number of carbonyl (C=O) groups is 1. The van der Waals surface area contributed by atoms with E-state index in [2.05, 4.69) is 37.8 Å². The fourth-order valence-electron chi connectivity index (χ4n) is 3.09. The van der Waals surface area contributed by atoms with Crippen LogP contribution in [-0.2, 0) is 11.2 Å². The third kappa shape index (κ3) is 4.42. The van der Waals surface area contributed by atoms with E-state index in [-0.39, 0.29) is 5.92 Å². The Kier molecular flexibility index (Phi) is 5.98. The first kappa shape index (κ1) is 15.8. The summed E-state index contributed by atoms with van der Waals surface area (Å²) in [6.45, 7) is 6.26. The maximum absolute atomic E-state index is 12.5. The SMILES string of the molecule is C=C(/C=C\CC)c1ccccc1CC(=O)C1CCCCC1. The number of hydrogen-bond donors (Lipinski definition) is 0. The fourth-order valence-corrected chi connectivity index (χ4v) is 3.09. The van der Waals surface area contributed by atoms with Crippen LogP contribution in [0.4, 0.5) is 0 Å². The Hall–Kier alpha value is -1.63. The molecule has 0 amide bonds. The van der Waals surface area contributed by atoms with Gasteiger partial charge in [-0.25, -0.2) is 0 Å². The van der Waals surface area contributed by atoms with E-state index in [4.69, 9.17) is 0 Å². The number of Topliss-reactive ketones (excluding diaryl/α,β-unsaturated/α-hetero) is 1. The van der Waals surface area contributed by atoms with Gasteiger partial charge in [-0.15, -0.1) is 0 Å². The van der Waals surface area contributed by atoms with Crippen molar-refractivity contribution in [3.63, 3.8) is 0 Å². The summed E-state index contributed by atoms with van der Waals surface area (Å²) < 4.78 is 0. The molecule has 0 aliphatic heterocycles. The maximum Gasteiger partial charge on any atom is 0.140 e. The molecule has 0 saturated heterocycles. The van der Waals surface area contributed by atoms with Gasteiger partial charge in [0.05, 0.1) is 0 Å². The monoisotopic (exact) mass is 282 g/mol. The molecule has 1 heteroatoms. The molecular weight excluding hydrogens is 256 g/mol. The zero-order chi connectivity index (χ0) is 15.1. The largest absolute Gasteiger partial charge is 0.299 e. The van der Waals surface area contributed by atoms with Crippen molar-refractivity contribution in [3.05, 3.63) is 54.1 Å². The second-order valence-electron chi connectivity index (χ2n) is 5.97. The molecule has 1 aromatic rings. The maximum atomic E-state index is 12.5. The molecule has 0 unspecified atom stereocenters. The summed E-state index contributed by atoms with van der Waals surface area (Å²) in [4.78, 5) is 12.5. The first-order valence-electron chi connectivity index (χ1n) is 8.18. The van der Waals surface area contributed by atoms with Gasteiger partial charge in [0.25, 0.3) is 0 Å². The Bertz CT molecular complexity index is 518. The molecular formula is C20H26O. The van der Waals surface area contributed by atoms with E-state index >= 15 is 0 Å². The number of allylic oxidation sites excluding steroid dienone is 3. The quantitative estimate of drug-likeness (QED) is 0.642. The molecule has 112 valence electrons. The van der Waals surface area contributed by atoms with Crippen molar-refractivity contribution in [2.45, 2.75) is 51.9 Å². The highest BCUT2D eigenvalue weighted by molar-refractivity contribution is 5.86. The summed E-state index contributed by atoms with van der Waals surface area (Å²) in [7, 11) is 0. The second-order valence-corrected chi connectivity index (χ2v) is 5.97. The van der Waals surface area contributed by atoms with Crippen molar-refractivity contribution in [1.82, 2.24) is 0 Å². The molecule has 0 bridgehead atoms. The van der Waals surface area contributed by atoms with Crippen LogP contribution in [-0.4, -0.2) is 5.78 Å². The fraction of sp³-hybridized carbons (Fsp3) is 0.450. The molecule has 0 aromatic heterocycles. The standard InChI is InChI=1S/C20H26O/c1-3-4-10-16(2)19-14-9-8-13-18(19)15-20(21)17-11-6-5-7-12-17/h4,8-10,13-14,17H,2-3,5-7,11-12,15H2,1H3/b10-4-. The van der Waals surface area contributed by atoms with Gasteiger partial charge in [-0.3, -0.25) is 4.79 Å². The van der Waals surface area contributed by atoms with E-state index in [9.17, 15) is 4.79 Å². The molecule has 0 heterocycles. The van der Waals surface area contributed by atoms with Crippen LogP contribution >= 0.6 is 0 Å². The molecule has 0 N–H and O–H groups in total. The highest BCUT2D eigenvalue weighted by Gasteiger charge is 2.21. The lowest BCUT2D eigenvalue weighted by Crippen LogP contribution is -2.20. The van der Waals surface area contributed by atoms with E-state index in [1.807, 2.05) is 12.1 Å². The summed E-state index contributed by atoms with van der Waals surface area (Å²) in [5.74, 6) is 0.695. The number of rotatable bonds is 6. The summed E-state index contributed by atoms with van der Waals surface area (Å²) >= 11 is 0. The van der Waals surface area contributed by atoms with Crippen molar-refractivity contribution in [2.75, 3.05) is 0 Å². The minimum absolute atomic E-state index is 0.284. The van der Waals surface area contributed by atoms with E-state index in [0.29, 0.717) is 12.2 Å². The van der Waals surface area contributed by atoms with Crippen LogP contribution in [0.5, 0.6) is 0 Å². The molecule has 2 rings (SSSR count). The van der Waals surface area contributed by atoms with Crippen LogP contribution in [0.2, 0.25) is 0 Å². The average molecular weight is 282 g/mol. The van der Waals surface area contributed by atoms with Gasteiger partial charge in [-0.05, 0) is 36.0 Å². The minimum atomic E-state index is 0.284. The summed E-state index contributed by atoms with van der Waals surface area (Å²) in [5, 5.41) is 0. The molecule has 0 atom stereocenters. The summed E-state index contributed by atoms with van der Waals surface area (Å²) in [6, 6.07) is 8.19. The van der Waals surface area contributed by atoms with Crippen molar-refractivity contribution in [2.24, 2.45) is 5.92 Å². The van der Waals surface area contributed by atoms with Gasteiger partial charge in [0.15, 0.2) is 0 Å². The molecule has 1 nitrogen and oxygen atoms in total. The van der Waals surface area contributed by atoms with Crippen LogP contribution < -0.4 is 0 Å². The lowest BCUT2D eigenvalue weighted by atomic mass is 9.83. The first-order chi connectivity index (χ1) is 10.2. The van der Waals surface area contributed by atoms with E-state index in [1.54, 1.807) is 0 Å². The Labute approximate surface area is 128 Å². The predicted molar refractivity (Wildman–Crippen MR) is 90.2 cm³/mol. The average Bonchev–Trinajstić information content (AvgIpc) is 2.54. The lowest BCUT2D eigenvalue weighted by molar-refractivity contribution is -0.123. The van der Waals surface area contributed by atoms with Gasteiger partial charge >= 0.3 is 0 Å². The lowest BCUT2D eigenvalue weighted by Gasteiger charge is -2.21. The van der Waals surface area contributed by atoms with Crippen LogP contribution in [0, 0.1) is 5.92 Å². The predicted octanol–water partition coefficient (Wildman–Crippen LogP) is 5.36. The topological polar surface area (TPSA) is 17.1 Å². The summed E-state index contributed by atoms with van der Waals surface area (Å²) in [5.41, 5.74) is 3.24. The second kappa shape index (κ2) is 7.97. The normalized spacial score (nSPS) is 16.2. The van der Waals surface area contributed by atoms with Gasteiger partial charge in [-0.2, -0.15) is 0 Å². The molecule has 0 spiro atoms. The van der Waals surface area contributed by atoms with Crippen molar-refractivity contribution >= 4 is 11.4 Å². The van der Waals surface area contributed by atoms with E-state index < -0.39 is 0 Å². The first-order valence-corrected chi connectivity index (χ1v) is 8.18. The Balaban J connectivity index is 2.10. The van der Waals surface area contributed by atoms with Gasteiger partial charge in [0.1, 0.15) is 5.78 Å². The van der Waals surface area contributed by atoms with Crippen molar-refractivity contribution in [3.8, 4) is 0 Å². The van der Waals surface area contributed by atoms with Crippen LogP contribution in [0.3, 0.4) is 0 Å². The zero-order valence-corrected chi connectivity index (χ0v) is 13.1. The molecule has 1 aromatic carbocycles. The highest BCUT2D eigenvalue weighted by atomic mass is 16.1. The number of hydrogen-bond acceptors (Lipinski definition) is 1. The van der Waals surface area contributed by atoms with Gasteiger partial charge in [-0.1, -0.05) is 69.2 Å². The molecule has 1 aliphatic rings. The number of carbonyl (C=O) groups excluding carboxylic acids is 1. The minimum Gasteiger partial charge on any atom is -0.299 e. The van der Waals surface area contributed by atoms with Crippen LogP contribution in [0.15, 0.2) is 43.0 Å². The molecule has 1 fully saturated rings. The Morgan fingerprint density at radius 3 is 2.67 bits per heavy atom. The third-order valence-corrected chi connectivity index (χ3v) is 4.34. The van der Waals surface area contributed by atoms with Crippen LogP contribution in [0.25, 0.3) is 5.57 Å². The number of benzene rings is 1. The third-order valence-electron chi connectivity index (χ3n) is 4.34. The Morgan fingerprint density at radius 2 is 1.95 bits per heavy atom. The van der Waals surface area contributed by atoms with E-state index in [0.717, 1.165) is 36.0 Å². The Morgan fingerprint density at radius 1 is 1.24 bits per heavy atom. The molecule has 1 saturated carbocycles. The molecule has 0 radical (unpaired) electrons. The van der Waals surface area contributed by atoms with Gasteiger partial charge < -0.3 is 0 Å². The van der Waals surface area contributed by atoms with Gasteiger partial charge in [0, 0.05) is 12.3 Å². The smallest absolute Gasteiger partial charge is 0.140 e. The van der Waals surface area contributed by atoms with Gasteiger partial charge in [0.2, 0.25) is 0 Å². The highest BCUT2D eigenvalue weighted by Crippen LogP contribution is 2.27. The van der Waals surface area contributed by atoms with E-state index in [1.165, 1.54) is 19.3 Å². The van der Waals surface area contributed by atoms with Crippen molar-refractivity contribution < 1.29 is 4.79 Å². The molecule has 1 aliphatic carbocycles. The van der Waals surface area contributed by atoms with Crippen LogP contribution in [0.1, 0.15) is 56.6 Å². The number of ketones is 1. The zero-order valence-electron chi connectivity index (χ0n) is 13.1.